The second kappa shape index (κ2) is 5.78. The molecule has 78 valence electrons. The highest BCUT2D eigenvalue weighted by Gasteiger charge is 2.05. The summed E-state index contributed by atoms with van der Waals surface area (Å²) in [4.78, 5) is 0. The van der Waals surface area contributed by atoms with E-state index in [1.54, 1.807) is 7.11 Å². The molecule has 0 saturated carbocycles. The number of ether oxygens (including phenoxy) is 1. The Balaban J connectivity index is 2.51. The molecule has 0 aliphatic carbocycles. The van der Waals surface area contributed by atoms with Crippen LogP contribution in [0.3, 0.4) is 0 Å². The summed E-state index contributed by atoms with van der Waals surface area (Å²) in [6, 6.07) is 8.85. The number of nitrogens with one attached hydrogen (secondary N) is 1. The van der Waals surface area contributed by atoms with Crippen molar-refractivity contribution in [2.45, 2.75) is 19.9 Å². The minimum absolute atomic E-state index is 0.395. The molecule has 0 amide bonds. The molecular weight excluding hydrogens is 174 g/mol. The van der Waals surface area contributed by atoms with Crippen molar-refractivity contribution in [2.75, 3.05) is 20.3 Å². The van der Waals surface area contributed by atoms with Crippen molar-refractivity contribution in [3.8, 4) is 0 Å². The number of benzene rings is 1. The fraction of sp³-hybridized carbons (Fsp3) is 0.500. The van der Waals surface area contributed by atoms with Crippen molar-refractivity contribution in [1.82, 2.24) is 5.32 Å². The van der Waals surface area contributed by atoms with Gasteiger partial charge >= 0.3 is 0 Å². The van der Waals surface area contributed by atoms with Gasteiger partial charge in [-0.05, 0) is 25.0 Å². The smallest absolute Gasteiger partial charge is 0.0587 e. The van der Waals surface area contributed by atoms with Crippen LogP contribution in [0.1, 0.15) is 24.1 Å². The fourth-order valence-electron chi connectivity index (χ4n) is 1.56. The van der Waals surface area contributed by atoms with E-state index in [0.29, 0.717) is 6.04 Å². The summed E-state index contributed by atoms with van der Waals surface area (Å²) in [5.74, 6) is 0. The van der Waals surface area contributed by atoms with Gasteiger partial charge in [0.05, 0.1) is 6.61 Å². The largest absolute Gasteiger partial charge is 0.383 e. The van der Waals surface area contributed by atoms with Crippen LogP contribution in [-0.4, -0.2) is 20.3 Å². The van der Waals surface area contributed by atoms with Gasteiger partial charge < -0.3 is 10.1 Å². The van der Waals surface area contributed by atoms with E-state index in [1.165, 1.54) is 11.1 Å². The van der Waals surface area contributed by atoms with Crippen LogP contribution in [0.2, 0.25) is 0 Å². The Morgan fingerprint density at radius 2 is 2.07 bits per heavy atom. The first-order valence-corrected chi connectivity index (χ1v) is 5.03. The topological polar surface area (TPSA) is 21.3 Å². The van der Waals surface area contributed by atoms with E-state index in [2.05, 4.69) is 43.4 Å². The van der Waals surface area contributed by atoms with Crippen molar-refractivity contribution in [3.63, 3.8) is 0 Å². The first-order valence-electron chi connectivity index (χ1n) is 5.03. The first-order chi connectivity index (χ1) is 6.75. The lowest BCUT2D eigenvalue weighted by Gasteiger charge is -2.16. The first kappa shape index (κ1) is 11.2. The van der Waals surface area contributed by atoms with Gasteiger partial charge in [-0.15, -0.1) is 0 Å². The molecule has 0 radical (unpaired) electrons. The Bertz CT molecular complexity index is 273. The second-order valence-corrected chi connectivity index (χ2v) is 3.53. The zero-order valence-electron chi connectivity index (χ0n) is 9.21. The third-order valence-corrected chi connectivity index (χ3v) is 2.41. The van der Waals surface area contributed by atoms with E-state index in [0.717, 1.165) is 13.2 Å². The fourth-order valence-corrected chi connectivity index (χ4v) is 1.56. The second-order valence-electron chi connectivity index (χ2n) is 3.53. The van der Waals surface area contributed by atoms with E-state index < -0.39 is 0 Å². The zero-order chi connectivity index (χ0) is 10.4. The average Bonchev–Trinajstić information content (AvgIpc) is 2.18. The molecular formula is C12H19NO. The van der Waals surface area contributed by atoms with Crippen LogP contribution in [-0.2, 0) is 4.74 Å². The van der Waals surface area contributed by atoms with Crippen LogP contribution in [0.5, 0.6) is 0 Å². The SMILES string of the molecule is COCCN[C@@H](C)c1ccccc1C. The Morgan fingerprint density at radius 3 is 2.71 bits per heavy atom. The Labute approximate surface area is 86.3 Å². The van der Waals surface area contributed by atoms with Crippen LogP contribution in [0.4, 0.5) is 0 Å². The van der Waals surface area contributed by atoms with Crippen LogP contribution in [0.25, 0.3) is 0 Å². The summed E-state index contributed by atoms with van der Waals surface area (Å²) in [6.07, 6.45) is 0. The third-order valence-electron chi connectivity index (χ3n) is 2.41. The van der Waals surface area contributed by atoms with Gasteiger partial charge in [0, 0.05) is 19.7 Å². The summed E-state index contributed by atoms with van der Waals surface area (Å²) in [5, 5.41) is 3.42. The summed E-state index contributed by atoms with van der Waals surface area (Å²) in [5.41, 5.74) is 2.70. The normalized spacial score (nSPS) is 12.8. The molecule has 0 saturated heterocycles. The molecule has 0 spiro atoms. The predicted octanol–water partition coefficient (Wildman–Crippen LogP) is 2.29. The Kier molecular flexibility index (Phi) is 4.63. The molecule has 1 aromatic carbocycles. The van der Waals surface area contributed by atoms with Crippen molar-refractivity contribution < 1.29 is 4.74 Å². The van der Waals surface area contributed by atoms with Gasteiger partial charge in [-0.25, -0.2) is 0 Å². The summed E-state index contributed by atoms with van der Waals surface area (Å²) in [6.45, 7) is 5.98. The summed E-state index contributed by atoms with van der Waals surface area (Å²) >= 11 is 0. The van der Waals surface area contributed by atoms with Gasteiger partial charge in [0.15, 0.2) is 0 Å². The van der Waals surface area contributed by atoms with Gasteiger partial charge in [0.25, 0.3) is 0 Å². The van der Waals surface area contributed by atoms with Crippen LogP contribution in [0.15, 0.2) is 24.3 Å². The van der Waals surface area contributed by atoms with E-state index in [9.17, 15) is 0 Å². The van der Waals surface area contributed by atoms with Crippen molar-refractivity contribution >= 4 is 0 Å². The molecule has 1 N–H and O–H groups in total. The standard InChI is InChI=1S/C12H19NO/c1-10-6-4-5-7-12(10)11(2)13-8-9-14-3/h4-7,11,13H,8-9H2,1-3H3/t11-/m0/s1. The molecule has 0 fully saturated rings. The lowest BCUT2D eigenvalue weighted by Crippen LogP contribution is -2.23. The monoisotopic (exact) mass is 193 g/mol. The molecule has 2 heteroatoms. The molecule has 0 bridgehead atoms. The number of hydrogen-bond donors (Lipinski definition) is 1. The van der Waals surface area contributed by atoms with E-state index >= 15 is 0 Å². The lowest BCUT2D eigenvalue weighted by molar-refractivity contribution is 0.196. The average molecular weight is 193 g/mol. The molecule has 2 nitrogen and oxygen atoms in total. The molecule has 0 heterocycles. The summed E-state index contributed by atoms with van der Waals surface area (Å²) in [7, 11) is 1.72. The Hall–Kier alpha value is -0.860. The number of methoxy groups -OCH3 is 1. The van der Waals surface area contributed by atoms with Gasteiger partial charge in [0.1, 0.15) is 0 Å². The maximum absolute atomic E-state index is 5.00. The quantitative estimate of drug-likeness (QED) is 0.724. The maximum Gasteiger partial charge on any atom is 0.0587 e. The molecule has 0 unspecified atom stereocenters. The van der Waals surface area contributed by atoms with Crippen molar-refractivity contribution in [1.29, 1.82) is 0 Å². The molecule has 0 aliphatic heterocycles. The highest BCUT2D eigenvalue weighted by molar-refractivity contribution is 5.28. The minimum Gasteiger partial charge on any atom is -0.383 e. The van der Waals surface area contributed by atoms with Gasteiger partial charge in [-0.1, -0.05) is 24.3 Å². The van der Waals surface area contributed by atoms with Crippen LogP contribution < -0.4 is 5.32 Å². The number of rotatable bonds is 5. The molecule has 0 aliphatic rings. The third kappa shape index (κ3) is 3.13. The molecule has 1 atom stereocenters. The molecule has 0 aromatic heterocycles. The van der Waals surface area contributed by atoms with E-state index in [-0.39, 0.29) is 0 Å². The van der Waals surface area contributed by atoms with Gasteiger partial charge in [-0.3, -0.25) is 0 Å². The number of aryl methyl sites for hydroxylation is 1. The zero-order valence-corrected chi connectivity index (χ0v) is 9.21. The molecule has 14 heavy (non-hydrogen) atoms. The number of hydrogen-bond acceptors (Lipinski definition) is 2. The minimum atomic E-state index is 0.395. The molecule has 1 rings (SSSR count). The van der Waals surface area contributed by atoms with Gasteiger partial charge in [-0.2, -0.15) is 0 Å². The lowest BCUT2D eigenvalue weighted by atomic mass is 10.0. The van der Waals surface area contributed by atoms with Crippen molar-refractivity contribution in [3.05, 3.63) is 35.4 Å². The van der Waals surface area contributed by atoms with Crippen molar-refractivity contribution in [2.24, 2.45) is 0 Å². The maximum atomic E-state index is 5.00. The summed E-state index contributed by atoms with van der Waals surface area (Å²) < 4.78 is 5.00. The van der Waals surface area contributed by atoms with E-state index in [4.69, 9.17) is 4.74 Å². The predicted molar refractivity (Wildman–Crippen MR) is 59.5 cm³/mol. The molecule has 1 aromatic rings. The van der Waals surface area contributed by atoms with Crippen LogP contribution >= 0.6 is 0 Å². The Morgan fingerprint density at radius 1 is 1.36 bits per heavy atom. The van der Waals surface area contributed by atoms with Gasteiger partial charge in [0.2, 0.25) is 0 Å². The highest BCUT2D eigenvalue weighted by Crippen LogP contribution is 2.15. The van der Waals surface area contributed by atoms with Crippen LogP contribution in [0, 0.1) is 6.92 Å². The van der Waals surface area contributed by atoms with E-state index in [1.807, 2.05) is 0 Å². The highest BCUT2D eigenvalue weighted by atomic mass is 16.5.